The van der Waals surface area contributed by atoms with Crippen molar-refractivity contribution in [2.45, 2.75) is 25.7 Å². The van der Waals surface area contributed by atoms with Crippen LogP contribution in [-0.4, -0.2) is 20.3 Å². The van der Waals surface area contributed by atoms with Crippen molar-refractivity contribution < 1.29 is 4.74 Å². The van der Waals surface area contributed by atoms with Gasteiger partial charge in [0.05, 0.1) is 0 Å². The van der Waals surface area contributed by atoms with E-state index in [4.69, 9.17) is 22.1 Å². The van der Waals surface area contributed by atoms with Crippen molar-refractivity contribution in [3.05, 3.63) is 34.9 Å². The average molecular weight is 256 g/mol. The Bertz CT molecular complexity index is 300. The predicted molar refractivity (Wildman–Crippen MR) is 73.4 cm³/mol. The van der Waals surface area contributed by atoms with Crippen molar-refractivity contribution >= 4 is 11.6 Å². The molecule has 0 aromatic heterocycles. The third-order valence-corrected chi connectivity index (χ3v) is 3.23. The van der Waals surface area contributed by atoms with Crippen LogP contribution in [0.2, 0.25) is 5.02 Å². The minimum Gasteiger partial charge on any atom is -0.385 e. The number of hydrogen-bond donors (Lipinski definition) is 1. The number of benzene rings is 1. The Balaban J connectivity index is 2.33. The third kappa shape index (κ3) is 6.06. The molecule has 0 amide bonds. The van der Waals surface area contributed by atoms with Gasteiger partial charge in [0.1, 0.15) is 0 Å². The fourth-order valence-corrected chi connectivity index (χ4v) is 2.06. The lowest BCUT2D eigenvalue weighted by atomic mass is 9.94. The number of nitrogens with two attached hydrogens (primary N) is 1. The maximum atomic E-state index is 5.86. The lowest BCUT2D eigenvalue weighted by Crippen LogP contribution is -2.17. The molecular weight excluding hydrogens is 234 g/mol. The van der Waals surface area contributed by atoms with E-state index in [-0.39, 0.29) is 0 Å². The summed E-state index contributed by atoms with van der Waals surface area (Å²) in [5, 5.41) is 0.790. The van der Waals surface area contributed by atoms with Crippen molar-refractivity contribution in [3.8, 4) is 0 Å². The molecule has 3 heteroatoms. The average Bonchev–Trinajstić information content (AvgIpc) is 2.35. The van der Waals surface area contributed by atoms with Crippen LogP contribution in [0.4, 0.5) is 0 Å². The summed E-state index contributed by atoms with van der Waals surface area (Å²) in [6.45, 7) is 1.59. The molecule has 0 heterocycles. The van der Waals surface area contributed by atoms with E-state index in [0.29, 0.717) is 5.92 Å². The van der Waals surface area contributed by atoms with Gasteiger partial charge in [-0.25, -0.2) is 0 Å². The highest BCUT2D eigenvalue weighted by molar-refractivity contribution is 6.30. The van der Waals surface area contributed by atoms with Gasteiger partial charge in [0.15, 0.2) is 0 Å². The highest BCUT2D eigenvalue weighted by Gasteiger charge is 2.07. The number of ether oxygens (including phenoxy) is 1. The van der Waals surface area contributed by atoms with Crippen LogP contribution < -0.4 is 5.73 Å². The summed E-state index contributed by atoms with van der Waals surface area (Å²) in [5.41, 5.74) is 7.12. The summed E-state index contributed by atoms with van der Waals surface area (Å²) in [5.74, 6) is 0.563. The van der Waals surface area contributed by atoms with Gasteiger partial charge >= 0.3 is 0 Å². The molecule has 2 N–H and O–H groups in total. The highest BCUT2D eigenvalue weighted by Crippen LogP contribution is 2.16. The molecule has 0 saturated heterocycles. The van der Waals surface area contributed by atoms with Crippen LogP contribution in [0.25, 0.3) is 0 Å². The lowest BCUT2D eigenvalue weighted by molar-refractivity contribution is 0.190. The second-order valence-corrected chi connectivity index (χ2v) is 4.86. The zero-order valence-corrected chi connectivity index (χ0v) is 11.2. The Labute approximate surface area is 109 Å². The number of unbranched alkanes of at least 4 members (excludes halogenated alkanes) is 1. The first-order valence-corrected chi connectivity index (χ1v) is 6.57. The van der Waals surface area contributed by atoms with Crippen LogP contribution in [0.15, 0.2) is 24.3 Å². The van der Waals surface area contributed by atoms with Gasteiger partial charge in [-0.05, 0) is 49.4 Å². The maximum absolute atomic E-state index is 5.86. The first-order chi connectivity index (χ1) is 8.26. The molecule has 0 aliphatic carbocycles. The number of halogens is 1. The quantitative estimate of drug-likeness (QED) is 0.724. The smallest absolute Gasteiger partial charge is 0.0462 e. The maximum Gasteiger partial charge on any atom is 0.0462 e. The topological polar surface area (TPSA) is 35.2 Å². The van der Waals surface area contributed by atoms with Crippen molar-refractivity contribution in [1.82, 2.24) is 0 Å². The van der Waals surface area contributed by atoms with E-state index < -0.39 is 0 Å². The molecule has 0 fully saturated rings. The first-order valence-electron chi connectivity index (χ1n) is 6.19. The molecule has 0 aliphatic rings. The molecule has 0 bridgehead atoms. The van der Waals surface area contributed by atoms with Crippen LogP contribution in [0.1, 0.15) is 24.8 Å². The van der Waals surface area contributed by atoms with E-state index >= 15 is 0 Å². The van der Waals surface area contributed by atoms with Crippen LogP contribution in [0.3, 0.4) is 0 Å². The lowest BCUT2D eigenvalue weighted by Gasteiger charge is -2.14. The van der Waals surface area contributed by atoms with Crippen LogP contribution in [-0.2, 0) is 11.2 Å². The molecule has 1 rings (SSSR count). The Morgan fingerprint density at radius 3 is 2.53 bits per heavy atom. The Morgan fingerprint density at radius 2 is 1.94 bits per heavy atom. The van der Waals surface area contributed by atoms with Gasteiger partial charge in [-0.15, -0.1) is 0 Å². The monoisotopic (exact) mass is 255 g/mol. The van der Waals surface area contributed by atoms with Gasteiger partial charge in [-0.3, -0.25) is 0 Å². The van der Waals surface area contributed by atoms with Gasteiger partial charge in [0.25, 0.3) is 0 Å². The Kier molecular flexibility index (Phi) is 7.25. The molecular formula is C14H22ClNO. The van der Waals surface area contributed by atoms with Gasteiger partial charge in [0, 0.05) is 18.7 Å². The summed E-state index contributed by atoms with van der Waals surface area (Å²) in [6, 6.07) is 8.05. The summed E-state index contributed by atoms with van der Waals surface area (Å²) in [7, 11) is 1.74. The molecule has 1 aromatic carbocycles. The second kappa shape index (κ2) is 8.51. The van der Waals surface area contributed by atoms with Crippen molar-refractivity contribution in [1.29, 1.82) is 0 Å². The number of hydrogen-bond acceptors (Lipinski definition) is 2. The highest BCUT2D eigenvalue weighted by atomic mass is 35.5. The molecule has 96 valence electrons. The summed E-state index contributed by atoms with van der Waals surface area (Å²) < 4.78 is 5.04. The zero-order valence-electron chi connectivity index (χ0n) is 10.5. The molecule has 0 radical (unpaired) electrons. The molecule has 1 unspecified atom stereocenters. The molecule has 17 heavy (non-hydrogen) atoms. The molecule has 2 nitrogen and oxygen atoms in total. The van der Waals surface area contributed by atoms with E-state index in [2.05, 4.69) is 12.1 Å². The van der Waals surface area contributed by atoms with Gasteiger partial charge in [-0.2, -0.15) is 0 Å². The van der Waals surface area contributed by atoms with Gasteiger partial charge < -0.3 is 10.5 Å². The molecule has 1 aromatic rings. The Morgan fingerprint density at radius 1 is 1.24 bits per heavy atom. The van der Waals surface area contributed by atoms with Crippen LogP contribution >= 0.6 is 11.6 Å². The zero-order chi connectivity index (χ0) is 12.5. The fourth-order valence-electron chi connectivity index (χ4n) is 1.94. The predicted octanol–water partition coefficient (Wildman–Crippen LogP) is 3.27. The molecule has 1 atom stereocenters. The molecule has 0 aliphatic heterocycles. The number of methoxy groups -OCH3 is 1. The third-order valence-electron chi connectivity index (χ3n) is 2.98. The van der Waals surface area contributed by atoms with Crippen molar-refractivity contribution in [2.75, 3.05) is 20.3 Å². The SMILES string of the molecule is COCCCCC(CN)Cc1ccc(Cl)cc1. The first kappa shape index (κ1) is 14.5. The van der Waals surface area contributed by atoms with Crippen LogP contribution in [0, 0.1) is 5.92 Å². The summed E-state index contributed by atoms with van der Waals surface area (Å²) >= 11 is 5.86. The van der Waals surface area contributed by atoms with E-state index in [9.17, 15) is 0 Å². The van der Waals surface area contributed by atoms with Gasteiger partial charge in [-0.1, -0.05) is 30.2 Å². The largest absolute Gasteiger partial charge is 0.385 e. The minimum atomic E-state index is 0.563. The van der Waals surface area contributed by atoms with Crippen molar-refractivity contribution in [2.24, 2.45) is 11.7 Å². The van der Waals surface area contributed by atoms with Gasteiger partial charge in [0.2, 0.25) is 0 Å². The summed E-state index contributed by atoms with van der Waals surface area (Å²) in [6.07, 6.45) is 4.51. The van der Waals surface area contributed by atoms with Crippen molar-refractivity contribution in [3.63, 3.8) is 0 Å². The van der Waals surface area contributed by atoms with E-state index in [1.807, 2.05) is 12.1 Å². The standard InChI is InChI=1S/C14H22ClNO/c1-17-9-3-2-4-13(11-16)10-12-5-7-14(15)8-6-12/h5-8,13H,2-4,9-11,16H2,1H3. The van der Waals surface area contributed by atoms with E-state index in [0.717, 1.165) is 31.0 Å². The molecule has 0 saturated carbocycles. The Hall–Kier alpha value is -0.570. The van der Waals surface area contributed by atoms with E-state index in [1.54, 1.807) is 7.11 Å². The minimum absolute atomic E-state index is 0.563. The second-order valence-electron chi connectivity index (χ2n) is 4.42. The normalized spacial score (nSPS) is 12.6. The summed E-state index contributed by atoms with van der Waals surface area (Å²) in [4.78, 5) is 0. The number of rotatable bonds is 8. The molecule has 0 spiro atoms. The fraction of sp³-hybridized carbons (Fsp3) is 0.571. The van der Waals surface area contributed by atoms with Crippen LogP contribution in [0.5, 0.6) is 0 Å². The van der Waals surface area contributed by atoms with E-state index in [1.165, 1.54) is 18.4 Å².